The molecule has 3 aromatic rings. The third-order valence-electron chi connectivity index (χ3n) is 5.92. The molecule has 33 heavy (non-hydrogen) atoms. The van der Waals surface area contributed by atoms with Crippen LogP contribution in [0, 0.1) is 0 Å². The van der Waals surface area contributed by atoms with Crippen molar-refractivity contribution in [3.8, 4) is 0 Å². The summed E-state index contributed by atoms with van der Waals surface area (Å²) < 4.78 is 7.56. The molecule has 4 heteroatoms. The van der Waals surface area contributed by atoms with Crippen LogP contribution in [-0.2, 0) is 17.6 Å². The normalized spacial score (nSPS) is 12.9. The molecule has 3 aromatic carbocycles. The summed E-state index contributed by atoms with van der Waals surface area (Å²) >= 11 is 0. The van der Waals surface area contributed by atoms with Gasteiger partial charge in [0.05, 0.1) is 47.8 Å². The van der Waals surface area contributed by atoms with Crippen molar-refractivity contribution in [1.82, 2.24) is 8.97 Å². The predicted octanol–water partition coefficient (Wildman–Crippen LogP) is 5.48. The summed E-state index contributed by atoms with van der Waals surface area (Å²) in [4.78, 5) is 12.8. The standard InChI is InChI=1S/C29H38N2O2/c1-30(2,3)26-17-12-23(13-18-26)16-21-28(33-29(32)25-10-8-7-9-11-25)22-24-14-19-27(20-15-24)31(4,5)6/h7-15,17-20,28H,16,21-22H2,1-6H3/q+2. The summed E-state index contributed by atoms with van der Waals surface area (Å²) in [5.41, 5.74) is 5.54. The number of hydrogen-bond acceptors (Lipinski definition) is 2. The van der Waals surface area contributed by atoms with Crippen LogP contribution in [0.1, 0.15) is 27.9 Å². The summed E-state index contributed by atoms with van der Waals surface area (Å²) in [5.74, 6) is -0.260. The first kappa shape index (κ1) is 24.7. The van der Waals surface area contributed by atoms with Gasteiger partial charge in [0.25, 0.3) is 0 Å². The van der Waals surface area contributed by atoms with E-state index in [0.717, 1.165) is 21.8 Å². The Labute approximate surface area is 199 Å². The van der Waals surface area contributed by atoms with Gasteiger partial charge in [0.15, 0.2) is 0 Å². The number of hydrogen-bond donors (Lipinski definition) is 0. The molecule has 1 atom stereocenters. The lowest BCUT2D eigenvalue weighted by Gasteiger charge is -2.24. The fourth-order valence-electron chi connectivity index (χ4n) is 3.78. The van der Waals surface area contributed by atoms with Crippen molar-refractivity contribution in [2.45, 2.75) is 25.4 Å². The van der Waals surface area contributed by atoms with Gasteiger partial charge in [0, 0.05) is 6.42 Å². The Bertz CT molecular complexity index is 1030. The molecule has 0 bridgehead atoms. The van der Waals surface area contributed by atoms with Gasteiger partial charge in [-0.3, -0.25) is 8.97 Å². The zero-order chi connectivity index (χ0) is 24.1. The number of carbonyl (C=O) groups excluding carboxylic acids is 1. The van der Waals surface area contributed by atoms with Crippen LogP contribution < -0.4 is 8.97 Å². The van der Waals surface area contributed by atoms with E-state index in [-0.39, 0.29) is 12.1 Å². The van der Waals surface area contributed by atoms with Gasteiger partial charge >= 0.3 is 5.97 Å². The first-order valence-corrected chi connectivity index (χ1v) is 11.6. The fraction of sp³-hybridized carbons (Fsp3) is 0.345. The van der Waals surface area contributed by atoms with Crippen LogP contribution in [0.2, 0.25) is 0 Å². The van der Waals surface area contributed by atoms with E-state index >= 15 is 0 Å². The maximum absolute atomic E-state index is 12.8. The Hall–Kier alpha value is -2.95. The Morgan fingerprint density at radius 2 is 1.18 bits per heavy atom. The van der Waals surface area contributed by atoms with E-state index in [0.29, 0.717) is 12.0 Å². The molecule has 4 nitrogen and oxygen atoms in total. The van der Waals surface area contributed by atoms with Crippen molar-refractivity contribution in [3.05, 3.63) is 95.6 Å². The van der Waals surface area contributed by atoms with Gasteiger partial charge in [0.2, 0.25) is 0 Å². The molecule has 0 fully saturated rings. The molecular weight excluding hydrogens is 408 g/mol. The van der Waals surface area contributed by atoms with E-state index in [2.05, 4.69) is 90.8 Å². The summed E-state index contributed by atoms with van der Waals surface area (Å²) in [5, 5.41) is 0. The van der Waals surface area contributed by atoms with E-state index < -0.39 is 0 Å². The molecule has 174 valence electrons. The highest BCUT2D eigenvalue weighted by Crippen LogP contribution is 2.22. The van der Waals surface area contributed by atoms with E-state index in [1.165, 1.54) is 22.5 Å². The maximum atomic E-state index is 12.8. The number of nitrogens with zero attached hydrogens (tertiary/aromatic N) is 2. The van der Waals surface area contributed by atoms with Crippen LogP contribution in [0.3, 0.4) is 0 Å². The molecule has 3 rings (SSSR count). The van der Waals surface area contributed by atoms with Crippen LogP contribution in [-0.4, -0.2) is 54.4 Å². The quantitative estimate of drug-likeness (QED) is 0.321. The molecule has 0 aliphatic heterocycles. The lowest BCUT2D eigenvalue weighted by atomic mass is 10.00. The number of rotatable bonds is 9. The van der Waals surface area contributed by atoms with Crippen molar-refractivity contribution in [2.24, 2.45) is 0 Å². The molecule has 0 radical (unpaired) electrons. The smallest absolute Gasteiger partial charge is 0.338 e. The second-order valence-corrected chi connectivity index (χ2v) is 10.5. The van der Waals surface area contributed by atoms with Gasteiger partial charge in [-0.2, -0.15) is 0 Å². The molecule has 0 amide bonds. The van der Waals surface area contributed by atoms with Gasteiger partial charge < -0.3 is 4.74 Å². The van der Waals surface area contributed by atoms with E-state index in [1.807, 2.05) is 18.2 Å². The topological polar surface area (TPSA) is 26.3 Å². The molecule has 0 saturated heterocycles. The summed E-state index contributed by atoms with van der Waals surface area (Å²) in [6, 6.07) is 26.6. The Morgan fingerprint density at radius 1 is 0.697 bits per heavy atom. The molecule has 1 unspecified atom stereocenters. The van der Waals surface area contributed by atoms with E-state index in [4.69, 9.17) is 4.74 Å². The van der Waals surface area contributed by atoms with Crippen LogP contribution in [0.25, 0.3) is 0 Å². The average Bonchev–Trinajstić information content (AvgIpc) is 2.77. The molecule has 0 aliphatic rings. The zero-order valence-electron chi connectivity index (χ0n) is 20.9. The highest BCUT2D eigenvalue weighted by Gasteiger charge is 2.19. The average molecular weight is 447 g/mol. The van der Waals surface area contributed by atoms with Crippen LogP contribution >= 0.6 is 0 Å². The largest absolute Gasteiger partial charge is 0.458 e. The number of esters is 1. The maximum Gasteiger partial charge on any atom is 0.338 e. The highest BCUT2D eigenvalue weighted by molar-refractivity contribution is 5.89. The van der Waals surface area contributed by atoms with Crippen molar-refractivity contribution in [1.29, 1.82) is 0 Å². The van der Waals surface area contributed by atoms with E-state index in [1.54, 1.807) is 12.1 Å². The fourth-order valence-corrected chi connectivity index (χ4v) is 3.78. The van der Waals surface area contributed by atoms with Crippen molar-refractivity contribution < 1.29 is 9.53 Å². The van der Waals surface area contributed by atoms with Crippen molar-refractivity contribution in [2.75, 3.05) is 42.3 Å². The lowest BCUT2D eigenvalue weighted by molar-refractivity contribution is 0.0284. The van der Waals surface area contributed by atoms with Gasteiger partial charge in [-0.15, -0.1) is 0 Å². The molecule has 0 heterocycles. The molecule has 0 aromatic heterocycles. The Balaban J connectivity index is 1.72. The Morgan fingerprint density at radius 3 is 1.67 bits per heavy atom. The molecule has 0 aliphatic carbocycles. The number of aryl methyl sites for hydroxylation is 1. The Kier molecular flexibility index (Phi) is 7.72. The van der Waals surface area contributed by atoms with Crippen LogP contribution in [0.15, 0.2) is 78.9 Å². The number of benzene rings is 3. The minimum absolute atomic E-state index is 0.189. The number of quaternary nitrogens is 2. The SMILES string of the molecule is C[N+](C)(C)c1ccc(CCC(Cc2ccc([N+](C)(C)C)cc2)OC(=O)c2ccccc2)cc1. The predicted molar refractivity (Wildman–Crippen MR) is 140 cm³/mol. The highest BCUT2D eigenvalue weighted by atomic mass is 16.5. The molecule has 0 saturated carbocycles. The second kappa shape index (κ2) is 10.3. The first-order valence-electron chi connectivity index (χ1n) is 11.6. The number of carbonyl (C=O) groups is 1. The van der Waals surface area contributed by atoms with Gasteiger partial charge in [-0.05, 0) is 60.4 Å². The summed E-state index contributed by atoms with van der Waals surface area (Å²) in [6.07, 6.45) is 2.15. The van der Waals surface area contributed by atoms with Gasteiger partial charge in [0.1, 0.15) is 17.5 Å². The third-order valence-corrected chi connectivity index (χ3v) is 5.92. The summed E-state index contributed by atoms with van der Waals surface area (Å²) in [7, 11) is 13.0. The van der Waals surface area contributed by atoms with E-state index in [9.17, 15) is 4.79 Å². The second-order valence-electron chi connectivity index (χ2n) is 10.5. The minimum atomic E-state index is -0.260. The molecule has 0 spiro atoms. The third kappa shape index (κ3) is 7.28. The van der Waals surface area contributed by atoms with Crippen molar-refractivity contribution >= 4 is 17.3 Å². The first-order chi connectivity index (χ1) is 15.5. The number of ether oxygens (including phenoxy) is 1. The monoisotopic (exact) mass is 446 g/mol. The van der Waals surface area contributed by atoms with Crippen molar-refractivity contribution in [3.63, 3.8) is 0 Å². The molecular formula is C29H38N2O2+2. The van der Waals surface area contributed by atoms with Gasteiger partial charge in [-0.1, -0.05) is 42.5 Å². The van der Waals surface area contributed by atoms with Crippen LogP contribution in [0.4, 0.5) is 11.4 Å². The van der Waals surface area contributed by atoms with Crippen LogP contribution in [0.5, 0.6) is 0 Å². The lowest BCUT2D eigenvalue weighted by Crippen LogP contribution is -2.34. The minimum Gasteiger partial charge on any atom is -0.458 e. The zero-order valence-corrected chi connectivity index (χ0v) is 20.9. The van der Waals surface area contributed by atoms with Gasteiger partial charge in [-0.25, -0.2) is 4.79 Å². The summed E-state index contributed by atoms with van der Waals surface area (Å²) in [6.45, 7) is 0. The molecule has 0 N–H and O–H groups in total.